The van der Waals surface area contributed by atoms with Gasteiger partial charge in [-0.3, -0.25) is 10.1 Å². The van der Waals surface area contributed by atoms with Gasteiger partial charge in [-0.1, -0.05) is 18.2 Å². The minimum Gasteiger partial charge on any atom is -0.347 e. The second-order valence-corrected chi connectivity index (χ2v) is 6.80. The zero-order valence-electron chi connectivity index (χ0n) is 14.1. The lowest BCUT2D eigenvalue weighted by Crippen LogP contribution is -2.33. The second-order valence-electron chi connectivity index (χ2n) is 6.80. The van der Waals surface area contributed by atoms with Gasteiger partial charge in [0.1, 0.15) is 0 Å². The van der Waals surface area contributed by atoms with Gasteiger partial charge in [-0.05, 0) is 25.7 Å². The highest BCUT2D eigenvalue weighted by atomic mass is 16.6. The molecule has 0 unspecified atom stereocenters. The van der Waals surface area contributed by atoms with E-state index >= 15 is 0 Å². The van der Waals surface area contributed by atoms with E-state index in [1.165, 1.54) is 5.69 Å². The maximum absolute atomic E-state index is 11.3. The third-order valence-corrected chi connectivity index (χ3v) is 4.24. The minimum absolute atomic E-state index is 0.176. The summed E-state index contributed by atoms with van der Waals surface area (Å²) in [6.45, 7) is 4.32. The predicted octanol–water partition coefficient (Wildman–Crippen LogP) is 2.88. The van der Waals surface area contributed by atoms with Crippen LogP contribution in [-0.2, 0) is 19.9 Å². The number of rotatable bonds is 6. The van der Waals surface area contributed by atoms with Crippen LogP contribution in [0.15, 0.2) is 24.3 Å². The van der Waals surface area contributed by atoms with Gasteiger partial charge in [-0.15, -0.1) is 0 Å². The Labute approximate surface area is 131 Å². The Morgan fingerprint density at radius 2 is 1.91 bits per heavy atom. The van der Waals surface area contributed by atoms with E-state index in [1.54, 1.807) is 13.8 Å². The standard InChI is InChI=1S/C17H25N3O2/c1-17(2,20(21)22)12-14-13-8-6-7-9-15(13)19(5)16(14)10-11-18(3)4/h6-9H,10-12H2,1-5H3. The van der Waals surface area contributed by atoms with Crippen LogP contribution in [0.25, 0.3) is 10.9 Å². The average Bonchev–Trinajstić information content (AvgIpc) is 2.69. The van der Waals surface area contributed by atoms with Crippen LogP contribution in [-0.4, -0.2) is 40.6 Å². The van der Waals surface area contributed by atoms with Crippen molar-refractivity contribution in [1.82, 2.24) is 9.47 Å². The molecule has 0 aliphatic carbocycles. The van der Waals surface area contributed by atoms with Gasteiger partial charge < -0.3 is 9.47 Å². The Morgan fingerprint density at radius 1 is 1.27 bits per heavy atom. The molecular formula is C17H25N3O2. The molecule has 0 saturated heterocycles. The summed E-state index contributed by atoms with van der Waals surface area (Å²) < 4.78 is 2.18. The quantitative estimate of drug-likeness (QED) is 0.609. The van der Waals surface area contributed by atoms with Gasteiger partial charge in [0.25, 0.3) is 0 Å². The number of nitrogens with zero attached hydrogens (tertiary/aromatic N) is 3. The van der Waals surface area contributed by atoms with E-state index in [-0.39, 0.29) is 4.92 Å². The van der Waals surface area contributed by atoms with Crippen molar-refractivity contribution in [3.05, 3.63) is 45.6 Å². The SMILES string of the molecule is CN(C)CCc1c(CC(C)(C)[N+](=O)[O-])c2ccccc2n1C. The van der Waals surface area contributed by atoms with E-state index in [2.05, 4.69) is 28.6 Å². The molecule has 1 aromatic carbocycles. The summed E-state index contributed by atoms with van der Waals surface area (Å²) in [5, 5.41) is 12.5. The van der Waals surface area contributed by atoms with Crippen molar-refractivity contribution in [2.75, 3.05) is 20.6 Å². The lowest BCUT2D eigenvalue weighted by molar-refractivity contribution is -0.560. The van der Waals surface area contributed by atoms with Crippen LogP contribution >= 0.6 is 0 Å². The lowest BCUT2D eigenvalue weighted by Gasteiger charge is -2.17. The third-order valence-electron chi connectivity index (χ3n) is 4.24. The molecular weight excluding hydrogens is 278 g/mol. The van der Waals surface area contributed by atoms with Crippen LogP contribution in [0.3, 0.4) is 0 Å². The highest BCUT2D eigenvalue weighted by molar-refractivity contribution is 5.85. The summed E-state index contributed by atoms with van der Waals surface area (Å²) in [6.07, 6.45) is 1.34. The molecule has 5 heteroatoms. The number of nitro groups is 1. The number of hydrogen-bond acceptors (Lipinski definition) is 3. The number of likely N-dealkylation sites (N-methyl/N-ethyl adjacent to an activating group) is 1. The zero-order chi connectivity index (χ0) is 16.5. The van der Waals surface area contributed by atoms with E-state index < -0.39 is 5.54 Å². The molecule has 0 N–H and O–H groups in total. The second kappa shape index (κ2) is 6.08. The first kappa shape index (κ1) is 16.5. The molecule has 5 nitrogen and oxygen atoms in total. The molecule has 22 heavy (non-hydrogen) atoms. The summed E-state index contributed by atoms with van der Waals surface area (Å²) >= 11 is 0. The van der Waals surface area contributed by atoms with E-state index in [0.29, 0.717) is 6.42 Å². The predicted molar refractivity (Wildman–Crippen MR) is 90.0 cm³/mol. The molecule has 1 heterocycles. The number of para-hydroxylation sites is 1. The fourth-order valence-electron chi connectivity index (χ4n) is 2.87. The highest BCUT2D eigenvalue weighted by Gasteiger charge is 2.33. The number of hydrogen-bond donors (Lipinski definition) is 0. The normalized spacial score (nSPS) is 12.3. The number of aryl methyl sites for hydroxylation is 1. The van der Waals surface area contributed by atoms with Crippen LogP contribution in [0, 0.1) is 10.1 Å². The van der Waals surface area contributed by atoms with E-state index in [4.69, 9.17) is 0 Å². The van der Waals surface area contributed by atoms with Crippen LogP contribution in [0.4, 0.5) is 0 Å². The molecule has 0 bridgehead atoms. The molecule has 120 valence electrons. The van der Waals surface area contributed by atoms with E-state index in [9.17, 15) is 10.1 Å². The number of benzene rings is 1. The van der Waals surface area contributed by atoms with Crippen molar-refractivity contribution in [2.45, 2.75) is 32.2 Å². The third kappa shape index (κ3) is 3.14. The van der Waals surface area contributed by atoms with E-state index in [0.717, 1.165) is 29.4 Å². The molecule has 0 radical (unpaired) electrons. The van der Waals surface area contributed by atoms with E-state index in [1.807, 2.05) is 26.2 Å². The Balaban J connectivity index is 2.53. The Kier molecular flexibility index (Phi) is 4.56. The van der Waals surface area contributed by atoms with Crippen molar-refractivity contribution in [3.63, 3.8) is 0 Å². The molecule has 0 aliphatic heterocycles. The fraction of sp³-hybridized carbons (Fsp3) is 0.529. The van der Waals surface area contributed by atoms with Crippen molar-refractivity contribution in [2.24, 2.45) is 7.05 Å². The topological polar surface area (TPSA) is 51.3 Å². The molecule has 2 rings (SSSR count). The Hall–Kier alpha value is -1.88. The van der Waals surface area contributed by atoms with Gasteiger partial charge in [0, 0.05) is 61.8 Å². The van der Waals surface area contributed by atoms with Crippen molar-refractivity contribution >= 4 is 10.9 Å². The molecule has 0 spiro atoms. The Bertz CT molecular complexity index is 687. The largest absolute Gasteiger partial charge is 0.347 e. The average molecular weight is 303 g/mol. The van der Waals surface area contributed by atoms with Gasteiger partial charge in [0.05, 0.1) is 0 Å². The van der Waals surface area contributed by atoms with Gasteiger partial charge in [0.2, 0.25) is 5.54 Å². The number of fused-ring (bicyclic) bond motifs is 1. The molecule has 0 atom stereocenters. The highest BCUT2D eigenvalue weighted by Crippen LogP contribution is 2.30. The van der Waals surface area contributed by atoms with Crippen molar-refractivity contribution in [3.8, 4) is 0 Å². The first-order valence-corrected chi connectivity index (χ1v) is 7.58. The monoisotopic (exact) mass is 303 g/mol. The van der Waals surface area contributed by atoms with Crippen molar-refractivity contribution in [1.29, 1.82) is 0 Å². The van der Waals surface area contributed by atoms with Crippen LogP contribution < -0.4 is 0 Å². The van der Waals surface area contributed by atoms with Crippen LogP contribution in [0.5, 0.6) is 0 Å². The number of aromatic nitrogens is 1. The lowest BCUT2D eigenvalue weighted by atomic mass is 9.93. The summed E-state index contributed by atoms with van der Waals surface area (Å²) in [6, 6.07) is 8.16. The van der Waals surface area contributed by atoms with Gasteiger partial charge in [-0.2, -0.15) is 0 Å². The van der Waals surface area contributed by atoms with Gasteiger partial charge in [-0.25, -0.2) is 0 Å². The van der Waals surface area contributed by atoms with Crippen molar-refractivity contribution < 1.29 is 4.92 Å². The smallest absolute Gasteiger partial charge is 0.220 e. The maximum Gasteiger partial charge on any atom is 0.220 e. The molecule has 0 aliphatic rings. The summed E-state index contributed by atoms with van der Waals surface area (Å²) in [5.41, 5.74) is 2.49. The molecule has 0 fully saturated rings. The Morgan fingerprint density at radius 3 is 2.50 bits per heavy atom. The maximum atomic E-state index is 11.3. The molecule has 2 aromatic rings. The van der Waals surface area contributed by atoms with Crippen LogP contribution in [0.2, 0.25) is 0 Å². The minimum atomic E-state index is -0.961. The molecule has 1 aromatic heterocycles. The fourth-order valence-corrected chi connectivity index (χ4v) is 2.87. The summed E-state index contributed by atoms with van der Waals surface area (Å²) in [7, 11) is 6.14. The summed E-state index contributed by atoms with van der Waals surface area (Å²) in [4.78, 5) is 13.3. The first-order chi connectivity index (χ1) is 10.2. The molecule has 0 saturated carbocycles. The van der Waals surface area contributed by atoms with Gasteiger partial charge >= 0.3 is 0 Å². The van der Waals surface area contributed by atoms with Crippen LogP contribution in [0.1, 0.15) is 25.1 Å². The summed E-state index contributed by atoms with van der Waals surface area (Å²) in [5.74, 6) is 0. The molecule has 0 amide bonds. The van der Waals surface area contributed by atoms with Gasteiger partial charge in [0.15, 0.2) is 0 Å². The first-order valence-electron chi connectivity index (χ1n) is 7.58. The zero-order valence-corrected chi connectivity index (χ0v) is 14.1.